The summed E-state index contributed by atoms with van der Waals surface area (Å²) in [4.78, 5) is 11.1. The van der Waals surface area contributed by atoms with Gasteiger partial charge in [0.25, 0.3) is 5.56 Å². The van der Waals surface area contributed by atoms with Gasteiger partial charge in [-0.1, -0.05) is 0 Å². The molecule has 0 fully saturated rings. The van der Waals surface area contributed by atoms with Crippen molar-refractivity contribution in [3.05, 3.63) is 21.6 Å². The van der Waals surface area contributed by atoms with E-state index in [1.54, 1.807) is 0 Å². The molecule has 0 amide bonds. The molecule has 0 spiro atoms. The van der Waals surface area contributed by atoms with Crippen molar-refractivity contribution in [1.82, 2.24) is 10.2 Å². The molecule has 1 atom stereocenters. The van der Waals surface area contributed by atoms with Crippen LogP contribution in [0.2, 0.25) is 0 Å². The Morgan fingerprint density at radius 1 is 1.50 bits per heavy atom. The van der Waals surface area contributed by atoms with Gasteiger partial charge in [0.15, 0.2) is 0 Å². The highest BCUT2D eigenvalue weighted by atomic mass is 16.1. The van der Waals surface area contributed by atoms with E-state index in [9.17, 15) is 4.79 Å². The Balaban J connectivity index is 2.30. The predicted molar refractivity (Wildman–Crippen MR) is 46.1 cm³/mol. The van der Waals surface area contributed by atoms with Crippen LogP contribution in [0, 0.1) is 0 Å². The lowest BCUT2D eigenvalue weighted by Gasteiger charge is -2.05. The van der Waals surface area contributed by atoms with Crippen molar-refractivity contribution in [1.29, 1.82) is 0 Å². The van der Waals surface area contributed by atoms with Gasteiger partial charge in [0.05, 0.1) is 0 Å². The lowest BCUT2D eigenvalue weighted by atomic mass is 10.0. The number of H-pyrrole nitrogens is 2. The topological polar surface area (TPSA) is 74.7 Å². The van der Waals surface area contributed by atoms with Crippen molar-refractivity contribution >= 4 is 0 Å². The monoisotopic (exact) mass is 167 g/mol. The maximum absolute atomic E-state index is 11.1. The molecule has 0 aromatic carbocycles. The molecule has 1 aromatic rings. The van der Waals surface area contributed by atoms with Gasteiger partial charge in [-0.25, -0.2) is 0 Å². The van der Waals surface area contributed by atoms with Crippen LogP contribution in [0.3, 0.4) is 0 Å². The normalized spacial score (nSPS) is 21.2. The fourth-order valence-corrected chi connectivity index (χ4v) is 1.95. The Morgan fingerprint density at radius 2 is 2.33 bits per heavy atom. The van der Waals surface area contributed by atoms with Gasteiger partial charge in [-0.15, -0.1) is 0 Å². The minimum atomic E-state index is 0.0459. The average molecular weight is 167 g/mol. The zero-order valence-corrected chi connectivity index (χ0v) is 6.89. The number of aromatic nitrogens is 2. The fourth-order valence-electron chi connectivity index (χ4n) is 1.95. The summed E-state index contributed by atoms with van der Waals surface area (Å²) in [6.07, 6.45) is 2.95. The molecular formula is C8H13N3O. The summed E-state index contributed by atoms with van der Waals surface area (Å²) in [5.74, 6) is 0.476. The van der Waals surface area contributed by atoms with Gasteiger partial charge in [-0.3, -0.25) is 9.89 Å². The van der Waals surface area contributed by atoms with Crippen LogP contribution in [0.25, 0.3) is 0 Å². The Hall–Kier alpha value is -1.03. The third-order valence-corrected chi connectivity index (χ3v) is 2.58. The average Bonchev–Trinajstić information content (AvgIpc) is 2.58. The largest absolute Gasteiger partial charge is 0.330 e. The van der Waals surface area contributed by atoms with Crippen LogP contribution in [-0.4, -0.2) is 16.7 Å². The van der Waals surface area contributed by atoms with Crippen molar-refractivity contribution < 1.29 is 0 Å². The highest BCUT2D eigenvalue weighted by Crippen LogP contribution is 2.31. The molecule has 1 aliphatic carbocycles. The Morgan fingerprint density at radius 3 is 3.08 bits per heavy atom. The minimum absolute atomic E-state index is 0.0459. The summed E-state index contributed by atoms with van der Waals surface area (Å²) in [6, 6.07) is 0. The highest BCUT2D eigenvalue weighted by Gasteiger charge is 2.25. The lowest BCUT2D eigenvalue weighted by molar-refractivity contribution is 0.607. The Kier molecular flexibility index (Phi) is 1.77. The molecule has 0 radical (unpaired) electrons. The summed E-state index contributed by atoms with van der Waals surface area (Å²) in [5.41, 5.74) is 7.54. The number of fused-ring (bicyclic) bond motifs is 1. The Labute approximate surface area is 70.1 Å². The molecule has 4 N–H and O–H groups in total. The fraction of sp³-hybridized carbons (Fsp3) is 0.625. The van der Waals surface area contributed by atoms with Crippen LogP contribution in [-0.2, 0) is 6.42 Å². The smallest absolute Gasteiger partial charge is 0.267 e. The molecule has 0 aliphatic heterocycles. The van der Waals surface area contributed by atoms with E-state index >= 15 is 0 Å². The molecule has 12 heavy (non-hydrogen) atoms. The van der Waals surface area contributed by atoms with Gasteiger partial charge < -0.3 is 10.8 Å². The molecule has 1 aliphatic rings. The summed E-state index contributed by atoms with van der Waals surface area (Å²) >= 11 is 0. The third kappa shape index (κ3) is 0.992. The van der Waals surface area contributed by atoms with E-state index in [0.717, 1.165) is 30.5 Å². The zero-order chi connectivity index (χ0) is 8.55. The van der Waals surface area contributed by atoms with Crippen molar-refractivity contribution in [2.75, 3.05) is 6.54 Å². The van der Waals surface area contributed by atoms with Crippen molar-refractivity contribution in [3.8, 4) is 0 Å². The van der Waals surface area contributed by atoms with Crippen molar-refractivity contribution in [2.45, 2.75) is 25.2 Å². The maximum Gasteiger partial charge on any atom is 0.267 e. The summed E-state index contributed by atoms with van der Waals surface area (Å²) in [5, 5.41) is 5.53. The highest BCUT2D eigenvalue weighted by molar-refractivity contribution is 5.26. The third-order valence-electron chi connectivity index (χ3n) is 2.58. The Bertz CT molecular complexity index is 325. The first kappa shape index (κ1) is 7.61. The maximum atomic E-state index is 11.1. The number of hydrogen-bond acceptors (Lipinski definition) is 2. The van der Waals surface area contributed by atoms with Crippen LogP contribution >= 0.6 is 0 Å². The summed E-state index contributed by atoms with van der Waals surface area (Å²) in [7, 11) is 0. The summed E-state index contributed by atoms with van der Waals surface area (Å²) < 4.78 is 0. The van der Waals surface area contributed by atoms with Crippen LogP contribution in [0.4, 0.5) is 0 Å². The van der Waals surface area contributed by atoms with E-state index in [1.165, 1.54) is 0 Å². The standard InChI is InChI=1S/C8H13N3O/c9-4-3-5-1-2-6-7(5)10-11-8(6)12/h5H,1-4,9H2,(H2,10,11,12). The first-order chi connectivity index (χ1) is 5.83. The lowest BCUT2D eigenvalue weighted by Crippen LogP contribution is -2.05. The molecular weight excluding hydrogens is 154 g/mol. The number of hydrogen-bond donors (Lipinski definition) is 3. The van der Waals surface area contributed by atoms with Gasteiger partial charge in [0.2, 0.25) is 0 Å². The summed E-state index contributed by atoms with van der Waals surface area (Å²) in [6.45, 7) is 0.692. The second-order valence-electron chi connectivity index (χ2n) is 3.28. The van der Waals surface area contributed by atoms with E-state index in [1.807, 2.05) is 0 Å². The van der Waals surface area contributed by atoms with Crippen molar-refractivity contribution in [2.24, 2.45) is 5.73 Å². The molecule has 2 rings (SSSR count). The van der Waals surface area contributed by atoms with E-state index in [2.05, 4.69) is 10.2 Å². The molecule has 0 saturated carbocycles. The molecule has 1 unspecified atom stereocenters. The van der Waals surface area contributed by atoms with Gasteiger partial charge in [0.1, 0.15) is 0 Å². The van der Waals surface area contributed by atoms with Crippen LogP contribution in [0.15, 0.2) is 4.79 Å². The SMILES string of the molecule is NCCC1CCc2c1[nH][nH]c2=O. The molecule has 4 nitrogen and oxygen atoms in total. The predicted octanol–water partition coefficient (Wildman–Crippen LogP) is 0.0816. The van der Waals surface area contributed by atoms with E-state index in [4.69, 9.17) is 5.73 Å². The van der Waals surface area contributed by atoms with Gasteiger partial charge in [-0.05, 0) is 25.8 Å². The zero-order valence-electron chi connectivity index (χ0n) is 6.89. The van der Waals surface area contributed by atoms with Gasteiger partial charge in [0, 0.05) is 17.2 Å². The van der Waals surface area contributed by atoms with Gasteiger partial charge in [-0.2, -0.15) is 0 Å². The van der Waals surface area contributed by atoms with E-state index < -0.39 is 0 Å². The number of rotatable bonds is 2. The molecule has 66 valence electrons. The quantitative estimate of drug-likeness (QED) is 0.583. The van der Waals surface area contributed by atoms with Gasteiger partial charge >= 0.3 is 0 Å². The second-order valence-corrected chi connectivity index (χ2v) is 3.28. The van der Waals surface area contributed by atoms with Crippen LogP contribution in [0.5, 0.6) is 0 Å². The van der Waals surface area contributed by atoms with Crippen molar-refractivity contribution in [3.63, 3.8) is 0 Å². The molecule has 0 bridgehead atoms. The minimum Gasteiger partial charge on any atom is -0.330 e. The number of nitrogens with one attached hydrogen (secondary N) is 2. The first-order valence-corrected chi connectivity index (χ1v) is 4.32. The van der Waals surface area contributed by atoms with E-state index in [-0.39, 0.29) is 5.56 Å². The van der Waals surface area contributed by atoms with E-state index in [0.29, 0.717) is 12.5 Å². The number of aromatic amines is 2. The molecule has 0 saturated heterocycles. The van der Waals surface area contributed by atoms with Crippen LogP contribution in [0.1, 0.15) is 30.0 Å². The molecule has 1 heterocycles. The molecule has 1 aromatic heterocycles. The second kappa shape index (κ2) is 2.79. The first-order valence-electron chi connectivity index (χ1n) is 4.32. The number of nitrogens with two attached hydrogens (primary N) is 1. The molecule has 4 heteroatoms. The van der Waals surface area contributed by atoms with Crippen LogP contribution < -0.4 is 11.3 Å².